The summed E-state index contributed by atoms with van der Waals surface area (Å²) in [5, 5.41) is 11.1. The molecule has 1 aliphatic heterocycles. The van der Waals surface area contributed by atoms with Crippen LogP contribution in [-0.4, -0.2) is 40.5 Å². The van der Waals surface area contributed by atoms with Crippen molar-refractivity contribution >= 4 is 17.9 Å². The Morgan fingerprint density at radius 3 is 2.60 bits per heavy atom. The predicted molar refractivity (Wildman–Crippen MR) is 71.0 cm³/mol. The van der Waals surface area contributed by atoms with Crippen molar-refractivity contribution < 1.29 is 19.5 Å². The summed E-state index contributed by atoms with van der Waals surface area (Å²) in [5.74, 6) is -1.32. The summed E-state index contributed by atoms with van der Waals surface area (Å²) in [6.07, 6.45) is 0.580. The van der Waals surface area contributed by atoms with E-state index in [1.807, 2.05) is 30.3 Å². The Hall–Kier alpha value is -2.37. The third-order valence-corrected chi connectivity index (χ3v) is 3.22. The Morgan fingerprint density at radius 2 is 1.95 bits per heavy atom. The second kappa shape index (κ2) is 6.18. The molecule has 2 N–H and O–H groups in total. The minimum atomic E-state index is -0.977. The van der Waals surface area contributed by atoms with Crippen LogP contribution >= 0.6 is 0 Å². The number of hydrogen-bond donors (Lipinski definition) is 2. The van der Waals surface area contributed by atoms with Gasteiger partial charge in [-0.1, -0.05) is 30.3 Å². The van der Waals surface area contributed by atoms with Gasteiger partial charge in [-0.3, -0.25) is 14.5 Å². The first-order chi connectivity index (χ1) is 9.58. The van der Waals surface area contributed by atoms with Gasteiger partial charge in [-0.25, -0.2) is 4.79 Å². The zero-order chi connectivity index (χ0) is 14.5. The molecule has 0 aliphatic carbocycles. The maximum absolute atomic E-state index is 12.0. The molecule has 0 saturated carbocycles. The second-order valence-corrected chi connectivity index (χ2v) is 4.66. The van der Waals surface area contributed by atoms with Gasteiger partial charge in [0.1, 0.15) is 6.04 Å². The van der Waals surface area contributed by atoms with Gasteiger partial charge in [-0.15, -0.1) is 0 Å². The number of urea groups is 1. The molecule has 1 aromatic rings. The molecular weight excluding hydrogens is 260 g/mol. The van der Waals surface area contributed by atoms with E-state index in [1.54, 1.807) is 0 Å². The maximum atomic E-state index is 12.0. The summed E-state index contributed by atoms with van der Waals surface area (Å²) >= 11 is 0. The summed E-state index contributed by atoms with van der Waals surface area (Å²) in [6.45, 7) is 0.304. The van der Waals surface area contributed by atoms with Gasteiger partial charge in [0.15, 0.2) is 0 Å². The highest BCUT2D eigenvalue weighted by atomic mass is 16.4. The van der Waals surface area contributed by atoms with Crippen molar-refractivity contribution in [1.82, 2.24) is 10.2 Å². The standard InChI is InChI=1S/C14H16N2O4/c17-12(18)7-6-11-13(19)16(14(20)15-11)9-8-10-4-2-1-3-5-10/h1-5,11H,6-9H2,(H,15,20)(H,17,18)/t11-/m0/s1. The molecular formula is C14H16N2O4. The quantitative estimate of drug-likeness (QED) is 0.759. The van der Waals surface area contributed by atoms with Crippen LogP contribution in [0.25, 0.3) is 0 Å². The van der Waals surface area contributed by atoms with Crippen molar-refractivity contribution in [1.29, 1.82) is 0 Å². The number of nitrogens with one attached hydrogen (secondary N) is 1. The summed E-state index contributed by atoms with van der Waals surface area (Å²) < 4.78 is 0. The summed E-state index contributed by atoms with van der Waals surface area (Å²) in [4.78, 5) is 35.4. The molecule has 0 bridgehead atoms. The highest BCUT2D eigenvalue weighted by Crippen LogP contribution is 2.12. The number of carboxylic acids is 1. The van der Waals surface area contributed by atoms with E-state index in [0.29, 0.717) is 13.0 Å². The SMILES string of the molecule is O=C(O)CC[C@@H]1NC(=O)N(CCc2ccccc2)C1=O. The van der Waals surface area contributed by atoms with Crippen LogP contribution in [0.4, 0.5) is 4.79 Å². The minimum Gasteiger partial charge on any atom is -0.481 e. The summed E-state index contributed by atoms with van der Waals surface area (Å²) in [6, 6.07) is 8.41. The molecule has 3 amide bonds. The average molecular weight is 276 g/mol. The van der Waals surface area contributed by atoms with Gasteiger partial charge in [-0.2, -0.15) is 0 Å². The topological polar surface area (TPSA) is 86.7 Å². The van der Waals surface area contributed by atoms with E-state index in [4.69, 9.17) is 5.11 Å². The van der Waals surface area contributed by atoms with Gasteiger partial charge in [0.25, 0.3) is 5.91 Å². The van der Waals surface area contributed by atoms with E-state index in [0.717, 1.165) is 10.5 Å². The molecule has 1 atom stereocenters. The van der Waals surface area contributed by atoms with E-state index >= 15 is 0 Å². The summed E-state index contributed by atoms with van der Waals surface area (Å²) in [7, 11) is 0. The highest BCUT2D eigenvalue weighted by molar-refractivity contribution is 6.04. The average Bonchev–Trinajstić information content (AvgIpc) is 2.70. The number of carbonyl (C=O) groups excluding carboxylic acids is 2. The molecule has 0 aromatic heterocycles. The van der Waals surface area contributed by atoms with E-state index in [2.05, 4.69) is 5.32 Å². The monoisotopic (exact) mass is 276 g/mol. The number of rotatable bonds is 6. The zero-order valence-corrected chi connectivity index (χ0v) is 10.9. The van der Waals surface area contributed by atoms with Gasteiger partial charge in [0.05, 0.1) is 0 Å². The van der Waals surface area contributed by atoms with Crippen LogP contribution in [0.15, 0.2) is 30.3 Å². The lowest BCUT2D eigenvalue weighted by Crippen LogP contribution is -2.33. The van der Waals surface area contributed by atoms with Crippen LogP contribution in [0.3, 0.4) is 0 Å². The Balaban J connectivity index is 1.90. The Morgan fingerprint density at radius 1 is 1.25 bits per heavy atom. The number of carbonyl (C=O) groups is 3. The van der Waals surface area contributed by atoms with Gasteiger partial charge < -0.3 is 10.4 Å². The fourth-order valence-electron chi connectivity index (χ4n) is 2.14. The van der Waals surface area contributed by atoms with E-state index < -0.39 is 18.0 Å². The maximum Gasteiger partial charge on any atom is 0.324 e. The van der Waals surface area contributed by atoms with Crippen molar-refractivity contribution in [2.75, 3.05) is 6.54 Å². The summed E-state index contributed by atoms with van der Waals surface area (Å²) in [5.41, 5.74) is 1.04. The van der Waals surface area contributed by atoms with Crippen molar-refractivity contribution in [2.24, 2.45) is 0 Å². The number of nitrogens with zero attached hydrogens (tertiary/aromatic N) is 1. The Kier molecular flexibility index (Phi) is 4.34. The Labute approximate surface area is 116 Å². The normalized spacial score (nSPS) is 18.2. The largest absolute Gasteiger partial charge is 0.481 e. The number of imide groups is 1. The molecule has 1 aromatic carbocycles. The molecule has 1 heterocycles. The van der Waals surface area contributed by atoms with Gasteiger partial charge in [0.2, 0.25) is 0 Å². The molecule has 1 fully saturated rings. The lowest BCUT2D eigenvalue weighted by atomic mass is 10.1. The molecule has 0 spiro atoms. The molecule has 1 saturated heterocycles. The van der Waals surface area contributed by atoms with Gasteiger partial charge >= 0.3 is 12.0 Å². The molecule has 20 heavy (non-hydrogen) atoms. The minimum absolute atomic E-state index is 0.127. The molecule has 0 unspecified atom stereocenters. The highest BCUT2D eigenvalue weighted by Gasteiger charge is 2.37. The van der Waals surface area contributed by atoms with E-state index in [1.165, 1.54) is 0 Å². The number of benzene rings is 1. The van der Waals surface area contributed by atoms with Crippen LogP contribution in [0.2, 0.25) is 0 Å². The lowest BCUT2D eigenvalue weighted by molar-refractivity contribution is -0.137. The molecule has 1 aliphatic rings. The number of aliphatic carboxylic acids is 1. The third-order valence-electron chi connectivity index (χ3n) is 3.22. The zero-order valence-electron chi connectivity index (χ0n) is 10.9. The van der Waals surface area contributed by atoms with Crippen LogP contribution in [0.5, 0.6) is 0 Å². The van der Waals surface area contributed by atoms with Crippen LogP contribution in [0.1, 0.15) is 18.4 Å². The second-order valence-electron chi connectivity index (χ2n) is 4.66. The Bertz CT molecular complexity index is 515. The first-order valence-electron chi connectivity index (χ1n) is 6.45. The lowest BCUT2D eigenvalue weighted by Gasteiger charge is -2.12. The fourth-order valence-corrected chi connectivity index (χ4v) is 2.14. The third kappa shape index (κ3) is 3.34. The van der Waals surface area contributed by atoms with E-state index in [9.17, 15) is 14.4 Å². The van der Waals surface area contributed by atoms with Crippen LogP contribution < -0.4 is 5.32 Å². The molecule has 6 nitrogen and oxygen atoms in total. The number of amides is 3. The van der Waals surface area contributed by atoms with E-state index in [-0.39, 0.29) is 18.7 Å². The first-order valence-corrected chi connectivity index (χ1v) is 6.45. The van der Waals surface area contributed by atoms with Gasteiger partial charge in [-0.05, 0) is 18.4 Å². The van der Waals surface area contributed by atoms with Gasteiger partial charge in [0, 0.05) is 13.0 Å². The van der Waals surface area contributed by atoms with Crippen LogP contribution in [-0.2, 0) is 16.0 Å². The van der Waals surface area contributed by atoms with Crippen molar-refractivity contribution in [3.05, 3.63) is 35.9 Å². The van der Waals surface area contributed by atoms with Crippen LogP contribution in [0, 0.1) is 0 Å². The number of carboxylic acid groups (broad SMARTS) is 1. The molecule has 2 rings (SSSR count). The van der Waals surface area contributed by atoms with Crippen molar-refractivity contribution in [2.45, 2.75) is 25.3 Å². The first kappa shape index (κ1) is 14.0. The number of hydrogen-bond acceptors (Lipinski definition) is 3. The van der Waals surface area contributed by atoms with Crippen molar-refractivity contribution in [3.63, 3.8) is 0 Å². The fraction of sp³-hybridized carbons (Fsp3) is 0.357. The molecule has 106 valence electrons. The smallest absolute Gasteiger partial charge is 0.324 e. The van der Waals surface area contributed by atoms with Crippen molar-refractivity contribution in [3.8, 4) is 0 Å². The molecule has 6 heteroatoms. The molecule has 0 radical (unpaired) electrons. The predicted octanol–water partition coefficient (Wildman–Crippen LogP) is 1.01.